The van der Waals surface area contributed by atoms with E-state index in [1.165, 1.54) is 0 Å². The average Bonchev–Trinajstić information content (AvgIpc) is 4.09. The van der Waals surface area contributed by atoms with Crippen molar-refractivity contribution in [3.8, 4) is 0 Å². The predicted molar refractivity (Wildman–Crippen MR) is 269 cm³/mol. The number of nitrogens with one attached hydrogen (secondary N) is 4. The minimum absolute atomic E-state index is 0.121. The lowest BCUT2D eigenvalue weighted by Crippen LogP contribution is -2.15. The molecule has 20 heteroatoms. The number of hydrogen-bond acceptors (Lipinski definition) is 16. The summed E-state index contributed by atoms with van der Waals surface area (Å²) in [6.07, 6.45) is 12.2. The smallest absolute Gasteiger partial charge is 0.0697 e. The normalized spacial score (nSPS) is 12.3. The Bertz CT molecular complexity index is 2070. The van der Waals surface area contributed by atoms with Crippen molar-refractivity contribution in [3.05, 3.63) is 88.7 Å². The van der Waals surface area contributed by atoms with Gasteiger partial charge < -0.3 is 98.7 Å². The number of rotatable bonds is 40. The molecule has 0 fully saturated rings. The largest absolute Gasteiger partial charge is 0.394 e. The van der Waals surface area contributed by atoms with Crippen LogP contribution in [-0.4, -0.2) is 219 Å². The van der Waals surface area contributed by atoms with Crippen molar-refractivity contribution < 1.29 is 78.7 Å². The Morgan fingerprint density at radius 3 is 0.556 bits per heavy atom. The van der Waals surface area contributed by atoms with E-state index in [4.69, 9.17) is 37.9 Å². The molecule has 4 aromatic rings. The number of ether oxygens (including phenoxy) is 8. The van der Waals surface area contributed by atoms with Crippen molar-refractivity contribution in [2.24, 2.45) is 0 Å². The van der Waals surface area contributed by atoms with E-state index in [0.29, 0.717) is 104 Å². The summed E-state index contributed by atoms with van der Waals surface area (Å²) in [6.45, 7) is 3.01. The van der Waals surface area contributed by atoms with Gasteiger partial charge in [-0.1, -0.05) is 0 Å². The summed E-state index contributed by atoms with van der Waals surface area (Å²) in [7, 11) is 0. The summed E-state index contributed by atoms with van der Waals surface area (Å²) in [5.74, 6) is 0. The van der Waals surface area contributed by atoms with Crippen LogP contribution in [0.1, 0.15) is 67.3 Å². The van der Waals surface area contributed by atoms with Crippen LogP contribution < -0.4 is 21.4 Å². The van der Waals surface area contributed by atoms with Crippen molar-refractivity contribution in [3.63, 3.8) is 0 Å². The Kier molecular flexibility index (Phi) is 28.2. The Balaban J connectivity index is 1.96. The summed E-state index contributed by atoms with van der Waals surface area (Å²) >= 11 is 0. The second kappa shape index (κ2) is 34.4. The summed E-state index contributed by atoms with van der Waals surface area (Å²) in [4.78, 5) is 15.1. The minimum atomic E-state index is -0.121. The van der Waals surface area contributed by atoms with Crippen LogP contribution in [0.3, 0.4) is 0 Å². The molecule has 0 aliphatic carbocycles. The lowest BCUT2D eigenvalue weighted by atomic mass is 9.99. The van der Waals surface area contributed by atoms with Gasteiger partial charge in [-0.25, -0.2) is 0 Å². The van der Waals surface area contributed by atoms with Crippen LogP contribution in [0.5, 0.6) is 0 Å². The molecular weight excluding hydrogens is 937 g/mol. The maximum Gasteiger partial charge on any atom is 0.0697 e. The fraction of sp³-hybridized carbons (Fsp3) is 0.615. The molecule has 8 bridgehead atoms. The van der Waals surface area contributed by atoms with Crippen molar-refractivity contribution in [1.29, 1.82) is 0 Å². The van der Waals surface area contributed by atoms with Gasteiger partial charge in [0, 0.05) is 44.2 Å². The van der Waals surface area contributed by atoms with Crippen molar-refractivity contribution in [2.75, 3.05) is 159 Å². The minimum Gasteiger partial charge on any atom is -0.394 e. The van der Waals surface area contributed by atoms with E-state index in [1.54, 1.807) is 0 Å². The molecule has 72 heavy (non-hydrogen) atoms. The Morgan fingerprint density at radius 2 is 0.389 bits per heavy atom. The first kappa shape index (κ1) is 58.8. The van der Waals surface area contributed by atoms with E-state index in [-0.39, 0.29) is 106 Å². The third-order valence-corrected chi connectivity index (χ3v) is 12.1. The molecule has 0 radical (unpaired) electrons. The molecule has 0 saturated heterocycles. The highest BCUT2D eigenvalue weighted by molar-refractivity contribution is 5.66. The highest BCUT2D eigenvalue weighted by atomic mass is 16.5. The van der Waals surface area contributed by atoms with Gasteiger partial charge in [0.1, 0.15) is 0 Å². The second-order valence-corrected chi connectivity index (χ2v) is 16.9. The van der Waals surface area contributed by atoms with Crippen molar-refractivity contribution >= 4 is 24.3 Å². The maximum absolute atomic E-state index is 9.62. The molecule has 0 atom stereocenters. The number of H-pyrrole nitrogens is 4. The Labute approximate surface area is 420 Å². The predicted octanol–water partition coefficient (Wildman–Crippen LogP) is -2.96. The lowest BCUT2D eigenvalue weighted by molar-refractivity contribution is 0.0922. The molecule has 4 aromatic heterocycles. The van der Waals surface area contributed by atoms with Crippen LogP contribution in [0.4, 0.5) is 0 Å². The molecule has 20 nitrogen and oxygen atoms in total. The third-order valence-electron chi connectivity index (χ3n) is 12.1. The van der Waals surface area contributed by atoms with Crippen LogP contribution in [0.2, 0.25) is 0 Å². The quantitative estimate of drug-likeness (QED) is 0.0175. The Morgan fingerprint density at radius 1 is 0.222 bits per heavy atom. The van der Waals surface area contributed by atoms with Crippen molar-refractivity contribution in [1.82, 2.24) is 19.9 Å². The van der Waals surface area contributed by atoms with Crippen LogP contribution in [0.15, 0.2) is 0 Å². The molecular formula is C52H80N4O16. The van der Waals surface area contributed by atoms with Gasteiger partial charge >= 0.3 is 0 Å². The number of aromatic nitrogens is 4. The van der Waals surface area contributed by atoms with Crippen molar-refractivity contribution in [2.45, 2.75) is 51.4 Å². The number of aliphatic hydroxyl groups excluding tert-OH is 8. The molecule has 1 aliphatic rings. The average molecular weight is 1020 g/mol. The number of hydrogen-bond donors (Lipinski definition) is 12. The summed E-state index contributed by atoms with van der Waals surface area (Å²) in [5, 5.41) is 80.2. The summed E-state index contributed by atoms with van der Waals surface area (Å²) in [5.41, 5.74) is 11.0. The molecule has 0 aromatic carbocycles. The molecule has 1 aliphatic heterocycles. The summed E-state index contributed by atoms with van der Waals surface area (Å²) < 4.78 is 47.0. The zero-order valence-corrected chi connectivity index (χ0v) is 41.8. The maximum atomic E-state index is 9.62. The Hall–Kier alpha value is -4.04. The van der Waals surface area contributed by atoms with Crippen LogP contribution in [-0.2, 0) is 89.3 Å². The molecule has 5 rings (SSSR count). The van der Waals surface area contributed by atoms with E-state index >= 15 is 0 Å². The third kappa shape index (κ3) is 18.1. The monoisotopic (exact) mass is 1020 g/mol. The van der Waals surface area contributed by atoms with Gasteiger partial charge in [-0.05, 0) is 120 Å². The van der Waals surface area contributed by atoms with E-state index in [2.05, 4.69) is 44.2 Å². The fourth-order valence-electron chi connectivity index (χ4n) is 9.06. The zero-order valence-electron chi connectivity index (χ0n) is 41.8. The molecule has 0 saturated carbocycles. The van der Waals surface area contributed by atoms with Gasteiger partial charge in [-0.3, -0.25) is 0 Å². The molecule has 0 unspecified atom stereocenters. The van der Waals surface area contributed by atoms with Crippen LogP contribution in [0, 0.1) is 0 Å². The number of aromatic amines is 4. The van der Waals surface area contributed by atoms with Gasteiger partial charge in [-0.15, -0.1) is 0 Å². The first-order valence-corrected chi connectivity index (χ1v) is 25.3. The first-order chi connectivity index (χ1) is 35.5. The molecule has 5 heterocycles. The standard InChI is InChI=1S/C52H80N4O16/c57-9-25-65-17-1-37-38(2-18-66-26-10-58)46-34-48-41(5-21-69-29-13-61)42(6-22-70-30-14-62)50(55-48)36-52-44(8-24-72-32-16-64)43(7-23-71-31-15-63)51(56-52)35-49-40(4-20-68-28-12-60)39(3-19-67-27-11-59)47(54-49)33-45(37)53-46/h33-36,53-64H,1-32H2. The van der Waals surface area contributed by atoms with Gasteiger partial charge in [-0.2, -0.15) is 0 Å². The lowest BCUT2D eigenvalue weighted by Gasteiger charge is -2.09. The molecule has 12 N–H and O–H groups in total. The van der Waals surface area contributed by atoms with E-state index < -0.39 is 0 Å². The summed E-state index contributed by atoms with van der Waals surface area (Å²) in [6, 6.07) is 0. The molecule has 404 valence electrons. The fourth-order valence-corrected chi connectivity index (χ4v) is 9.06. The van der Waals surface area contributed by atoms with Gasteiger partial charge in [0.25, 0.3) is 0 Å². The van der Waals surface area contributed by atoms with Gasteiger partial charge in [0.05, 0.1) is 159 Å². The number of aliphatic hydroxyl groups is 8. The SMILES string of the molecule is OCCOCCc1c2[nH]c(c1CCOCCO)C=c1[nH]c(c(CCOCCO)c1CCOCCO)=Cc1[nH]c(c(CCOCCO)c1CCOCCO)C=c1[nH]c(c(CCOCCO)c1CCOCCO)=C2. The molecule has 0 amide bonds. The number of fused-ring (bicyclic) bond motifs is 8. The molecule has 0 spiro atoms. The van der Waals surface area contributed by atoms with Crippen LogP contribution in [0.25, 0.3) is 24.3 Å². The van der Waals surface area contributed by atoms with Gasteiger partial charge in [0.2, 0.25) is 0 Å². The van der Waals surface area contributed by atoms with Crippen LogP contribution >= 0.6 is 0 Å². The van der Waals surface area contributed by atoms with Gasteiger partial charge in [0.15, 0.2) is 0 Å². The first-order valence-electron chi connectivity index (χ1n) is 25.3. The second-order valence-electron chi connectivity index (χ2n) is 16.9. The highest BCUT2D eigenvalue weighted by Gasteiger charge is 2.22. The van der Waals surface area contributed by atoms with E-state index in [0.717, 1.165) is 88.7 Å². The zero-order chi connectivity index (χ0) is 51.2. The van der Waals surface area contributed by atoms with E-state index in [9.17, 15) is 40.9 Å². The highest BCUT2D eigenvalue weighted by Crippen LogP contribution is 2.26. The topological polar surface area (TPSA) is 299 Å². The van der Waals surface area contributed by atoms with E-state index in [1.807, 2.05) is 0 Å².